The summed E-state index contributed by atoms with van der Waals surface area (Å²) < 4.78 is 1.92. The van der Waals surface area contributed by atoms with Crippen molar-refractivity contribution in [3.63, 3.8) is 0 Å². The van der Waals surface area contributed by atoms with Gasteiger partial charge in [-0.15, -0.1) is 0 Å². The van der Waals surface area contributed by atoms with Crippen LogP contribution in [0.5, 0.6) is 0 Å². The lowest BCUT2D eigenvalue weighted by molar-refractivity contribution is 0.602. The number of hydrogen-bond acceptors (Lipinski definition) is 2. The van der Waals surface area contributed by atoms with E-state index in [-0.39, 0.29) is 0 Å². The molecule has 1 aliphatic carbocycles. The van der Waals surface area contributed by atoms with Gasteiger partial charge >= 0.3 is 0 Å². The van der Waals surface area contributed by atoms with Crippen molar-refractivity contribution >= 4 is 5.69 Å². The molecule has 1 aliphatic rings. The number of hydrogen-bond donors (Lipinski definition) is 1. The first-order valence-corrected chi connectivity index (χ1v) is 5.42. The first-order chi connectivity index (χ1) is 6.66. The average molecular weight is 193 g/mol. The highest BCUT2D eigenvalue weighted by atomic mass is 15.3. The van der Waals surface area contributed by atoms with E-state index in [1.807, 2.05) is 17.9 Å². The molecule has 1 aromatic rings. The van der Waals surface area contributed by atoms with Gasteiger partial charge in [0.2, 0.25) is 0 Å². The molecular weight excluding hydrogens is 174 g/mol. The van der Waals surface area contributed by atoms with Crippen LogP contribution in [0, 0.1) is 12.8 Å². The van der Waals surface area contributed by atoms with Gasteiger partial charge < -0.3 is 5.32 Å². The second-order valence-electron chi connectivity index (χ2n) is 4.53. The molecule has 0 aromatic carbocycles. The fourth-order valence-electron chi connectivity index (χ4n) is 2.20. The maximum atomic E-state index is 4.23. The predicted octanol–water partition coefficient (Wildman–Crippen LogP) is 2.33. The van der Waals surface area contributed by atoms with Gasteiger partial charge in [0.05, 0.1) is 17.6 Å². The van der Waals surface area contributed by atoms with E-state index >= 15 is 0 Å². The van der Waals surface area contributed by atoms with Crippen LogP contribution in [0.2, 0.25) is 0 Å². The molecule has 3 heteroatoms. The van der Waals surface area contributed by atoms with Gasteiger partial charge in [-0.05, 0) is 32.1 Å². The molecule has 2 unspecified atom stereocenters. The summed E-state index contributed by atoms with van der Waals surface area (Å²) >= 11 is 0. The van der Waals surface area contributed by atoms with Crippen LogP contribution in [0.4, 0.5) is 5.69 Å². The fraction of sp³-hybridized carbons (Fsp3) is 0.727. The van der Waals surface area contributed by atoms with Crippen LogP contribution in [-0.4, -0.2) is 15.8 Å². The summed E-state index contributed by atoms with van der Waals surface area (Å²) in [6.07, 6.45) is 5.89. The summed E-state index contributed by atoms with van der Waals surface area (Å²) in [4.78, 5) is 0. The number of anilines is 1. The lowest BCUT2D eigenvalue weighted by Crippen LogP contribution is -2.15. The summed E-state index contributed by atoms with van der Waals surface area (Å²) in [5, 5.41) is 7.81. The van der Waals surface area contributed by atoms with Crippen molar-refractivity contribution in [2.75, 3.05) is 5.32 Å². The van der Waals surface area contributed by atoms with Gasteiger partial charge in [0, 0.05) is 13.1 Å². The quantitative estimate of drug-likeness (QED) is 0.781. The number of rotatable bonds is 2. The molecule has 0 bridgehead atoms. The molecule has 3 nitrogen and oxygen atoms in total. The number of nitrogens with zero attached hydrogens (tertiary/aromatic N) is 2. The number of aryl methyl sites for hydroxylation is 1. The van der Waals surface area contributed by atoms with Crippen molar-refractivity contribution < 1.29 is 0 Å². The van der Waals surface area contributed by atoms with Crippen LogP contribution in [0.25, 0.3) is 0 Å². The smallest absolute Gasteiger partial charge is 0.0758 e. The molecule has 0 spiro atoms. The Labute approximate surface area is 85.5 Å². The Morgan fingerprint density at radius 1 is 1.50 bits per heavy atom. The van der Waals surface area contributed by atoms with Crippen LogP contribution in [-0.2, 0) is 7.05 Å². The molecule has 1 saturated carbocycles. The largest absolute Gasteiger partial charge is 0.380 e. The second-order valence-corrected chi connectivity index (χ2v) is 4.53. The molecular formula is C11H19N3. The first kappa shape index (κ1) is 9.56. The monoisotopic (exact) mass is 193 g/mol. The minimum atomic E-state index is 0.660. The third kappa shape index (κ3) is 1.76. The van der Waals surface area contributed by atoms with Crippen molar-refractivity contribution in [2.45, 2.75) is 39.2 Å². The zero-order chi connectivity index (χ0) is 10.1. The summed E-state index contributed by atoms with van der Waals surface area (Å²) in [7, 11) is 1.98. The van der Waals surface area contributed by atoms with E-state index in [0.29, 0.717) is 6.04 Å². The van der Waals surface area contributed by atoms with E-state index in [1.165, 1.54) is 30.6 Å². The van der Waals surface area contributed by atoms with Crippen LogP contribution in [0.15, 0.2) is 6.20 Å². The predicted molar refractivity (Wildman–Crippen MR) is 58.4 cm³/mol. The summed E-state index contributed by atoms with van der Waals surface area (Å²) in [6.45, 7) is 4.44. The number of aromatic nitrogens is 2. The fourth-order valence-corrected chi connectivity index (χ4v) is 2.20. The van der Waals surface area contributed by atoms with E-state index in [0.717, 1.165) is 5.92 Å². The normalized spacial score (nSPS) is 26.8. The topological polar surface area (TPSA) is 29.9 Å². The van der Waals surface area contributed by atoms with Crippen molar-refractivity contribution in [3.8, 4) is 0 Å². The summed E-state index contributed by atoms with van der Waals surface area (Å²) in [6, 6.07) is 0.660. The van der Waals surface area contributed by atoms with Crippen LogP contribution in [0.3, 0.4) is 0 Å². The molecule has 14 heavy (non-hydrogen) atoms. The molecule has 0 amide bonds. The molecule has 0 radical (unpaired) electrons. The SMILES string of the molecule is Cc1c(NC2CCC(C)C2)cnn1C. The zero-order valence-corrected chi connectivity index (χ0v) is 9.25. The van der Waals surface area contributed by atoms with E-state index < -0.39 is 0 Å². The Kier molecular flexibility index (Phi) is 2.48. The van der Waals surface area contributed by atoms with Crippen molar-refractivity contribution in [3.05, 3.63) is 11.9 Å². The maximum Gasteiger partial charge on any atom is 0.0758 e. The molecule has 0 saturated heterocycles. The lowest BCUT2D eigenvalue weighted by Gasteiger charge is -2.12. The zero-order valence-electron chi connectivity index (χ0n) is 9.25. The van der Waals surface area contributed by atoms with Gasteiger partial charge in [-0.25, -0.2) is 0 Å². The third-order valence-corrected chi connectivity index (χ3v) is 3.29. The molecule has 0 aliphatic heterocycles. The molecule has 1 fully saturated rings. The van der Waals surface area contributed by atoms with Crippen LogP contribution < -0.4 is 5.32 Å². The summed E-state index contributed by atoms with van der Waals surface area (Å²) in [5.74, 6) is 0.879. The van der Waals surface area contributed by atoms with Crippen LogP contribution >= 0.6 is 0 Å². The van der Waals surface area contributed by atoms with E-state index in [2.05, 4.69) is 24.3 Å². The highest BCUT2D eigenvalue weighted by Crippen LogP contribution is 2.28. The van der Waals surface area contributed by atoms with E-state index in [1.54, 1.807) is 0 Å². The molecule has 78 valence electrons. The third-order valence-electron chi connectivity index (χ3n) is 3.29. The highest BCUT2D eigenvalue weighted by molar-refractivity contribution is 5.46. The van der Waals surface area contributed by atoms with E-state index in [4.69, 9.17) is 0 Å². The Morgan fingerprint density at radius 3 is 2.79 bits per heavy atom. The van der Waals surface area contributed by atoms with E-state index in [9.17, 15) is 0 Å². The first-order valence-electron chi connectivity index (χ1n) is 5.42. The highest BCUT2D eigenvalue weighted by Gasteiger charge is 2.21. The Morgan fingerprint density at radius 2 is 2.29 bits per heavy atom. The maximum absolute atomic E-state index is 4.23. The van der Waals surface area contributed by atoms with Crippen molar-refractivity contribution in [2.24, 2.45) is 13.0 Å². The second kappa shape index (κ2) is 3.64. The minimum Gasteiger partial charge on any atom is -0.380 e. The molecule has 1 heterocycles. The molecule has 2 rings (SSSR count). The van der Waals surface area contributed by atoms with Gasteiger partial charge in [-0.2, -0.15) is 5.10 Å². The average Bonchev–Trinajstić information content (AvgIpc) is 2.67. The molecule has 1 N–H and O–H groups in total. The molecule has 2 atom stereocenters. The van der Waals surface area contributed by atoms with Crippen molar-refractivity contribution in [1.82, 2.24) is 9.78 Å². The summed E-state index contributed by atoms with van der Waals surface area (Å²) in [5.41, 5.74) is 2.43. The number of nitrogens with one attached hydrogen (secondary N) is 1. The molecule has 1 aromatic heterocycles. The Balaban J connectivity index is 2.01. The van der Waals surface area contributed by atoms with Gasteiger partial charge in [-0.1, -0.05) is 6.92 Å². The van der Waals surface area contributed by atoms with Crippen LogP contribution in [0.1, 0.15) is 31.9 Å². The van der Waals surface area contributed by atoms with Crippen molar-refractivity contribution in [1.29, 1.82) is 0 Å². The van der Waals surface area contributed by atoms with Gasteiger partial charge in [0.1, 0.15) is 0 Å². The Bertz CT molecular complexity index is 316. The standard InChI is InChI=1S/C11H19N3/c1-8-4-5-10(6-8)13-11-7-12-14(3)9(11)2/h7-8,10,13H,4-6H2,1-3H3. The van der Waals surface area contributed by atoms with Gasteiger partial charge in [0.15, 0.2) is 0 Å². The lowest BCUT2D eigenvalue weighted by atomic mass is 10.1. The Hall–Kier alpha value is -0.990. The minimum absolute atomic E-state index is 0.660. The van der Waals surface area contributed by atoms with Gasteiger partial charge in [0.25, 0.3) is 0 Å². The van der Waals surface area contributed by atoms with Gasteiger partial charge in [-0.3, -0.25) is 4.68 Å².